The Bertz CT molecular complexity index is 1020. The van der Waals surface area contributed by atoms with Gasteiger partial charge in [0.1, 0.15) is 5.82 Å². The Balaban J connectivity index is 1.69. The quantitative estimate of drug-likeness (QED) is 0.650. The molecule has 3 aromatic rings. The first-order valence-corrected chi connectivity index (χ1v) is 7.68. The Morgan fingerprint density at radius 3 is 2.81 bits per heavy atom. The lowest BCUT2D eigenvalue weighted by molar-refractivity contribution is 0.0940. The summed E-state index contributed by atoms with van der Waals surface area (Å²) in [6, 6.07) is 3.02. The second-order valence-electron chi connectivity index (χ2n) is 6.29. The van der Waals surface area contributed by atoms with Crippen molar-refractivity contribution in [3.05, 3.63) is 41.7 Å². The molecule has 2 aromatic heterocycles. The number of rotatable bonds is 3. The van der Waals surface area contributed by atoms with E-state index in [1.165, 1.54) is 12.3 Å². The molecule has 9 nitrogen and oxygen atoms in total. The lowest BCUT2D eigenvalue weighted by Gasteiger charge is -2.20. The number of nitrogens with two attached hydrogens (primary N) is 1. The molecule has 4 rings (SSSR count). The summed E-state index contributed by atoms with van der Waals surface area (Å²) in [5.74, 6) is -0.469. The predicted molar refractivity (Wildman–Crippen MR) is 89.9 cm³/mol. The number of anilines is 3. The van der Waals surface area contributed by atoms with E-state index in [0.29, 0.717) is 16.7 Å². The molecule has 1 aliphatic rings. The van der Waals surface area contributed by atoms with Crippen LogP contribution < -0.4 is 16.4 Å². The molecule has 10 heteroatoms. The van der Waals surface area contributed by atoms with Gasteiger partial charge in [-0.1, -0.05) is 0 Å². The van der Waals surface area contributed by atoms with Crippen molar-refractivity contribution in [1.29, 1.82) is 0 Å². The third kappa shape index (κ3) is 2.42. The van der Waals surface area contributed by atoms with Gasteiger partial charge in [0, 0.05) is 17.3 Å². The number of halogens is 1. The summed E-state index contributed by atoms with van der Waals surface area (Å²) in [7, 11) is 0. The van der Waals surface area contributed by atoms with E-state index in [1.807, 2.05) is 0 Å². The minimum absolute atomic E-state index is 0.0969. The standard InChI is InChI=1S/C16H14FN7O2/c1-16(2)10-7(13(25)23-16)3-4-9(11(10)17)21-15-19-5-8(12(18)22-15)14-24-20-6-26-14/h3-6H,1-2H3,(H,23,25)(H3,18,19,21,22). The van der Waals surface area contributed by atoms with Gasteiger partial charge in [0.05, 0.1) is 16.8 Å². The van der Waals surface area contributed by atoms with Crippen LogP contribution >= 0.6 is 0 Å². The van der Waals surface area contributed by atoms with Crippen molar-refractivity contribution in [1.82, 2.24) is 25.5 Å². The predicted octanol–water partition coefficient (Wildman–Crippen LogP) is 1.97. The average molecular weight is 355 g/mol. The highest BCUT2D eigenvalue weighted by molar-refractivity contribution is 6.00. The van der Waals surface area contributed by atoms with Gasteiger partial charge in [0.25, 0.3) is 11.8 Å². The number of aromatic nitrogens is 4. The van der Waals surface area contributed by atoms with E-state index in [4.69, 9.17) is 10.2 Å². The van der Waals surface area contributed by atoms with Crippen LogP contribution in [0.4, 0.5) is 21.8 Å². The van der Waals surface area contributed by atoms with Crippen molar-refractivity contribution >= 4 is 23.4 Å². The number of nitrogen functional groups attached to an aromatic ring is 1. The summed E-state index contributed by atoms with van der Waals surface area (Å²) in [5, 5.41) is 12.8. The Morgan fingerprint density at radius 1 is 1.31 bits per heavy atom. The molecule has 0 spiro atoms. The SMILES string of the molecule is CC1(C)NC(=O)c2ccc(Nc3ncc(-c4nnco4)c(N)n3)c(F)c21. The molecule has 1 amide bonds. The zero-order valence-corrected chi connectivity index (χ0v) is 13.9. The van der Waals surface area contributed by atoms with Gasteiger partial charge in [-0.05, 0) is 26.0 Å². The maximum absolute atomic E-state index is 15.0. The number of carbonyl (C=O) groups excluding carboxylic acids is 1. The van der Waals surface area contributed by atoms with Crippen molar-refractivity contribution < 1.29 is 13.6 Å². The van der Waals surface area contributed by atoms with Gasteiger partial charge in [-0.25, -0.2) is 9.37 Å². The van der Waals surface area contributed by atoms with E-state index in [2.05, 4.69) is 30.8 Å². The van der Waals surface area contributed by atoms with Crippen molar-refractivity contribution in [2.24, 2.45) is 0 Å². The van der Waals surface area contributed by atoms with E-state index in [1.54, 1.807) is 19.9 Å². The lowest BCUT2D eigenvalue weighted by atomic mass is 9.93. The third-order valence-corrected chi connectivity index (χ3v) is 4.09. The summed E-state index contributed by atoms with van der Waals surface area (Å²) in [6.45, 7) is 3.47. The van der Waals surface area contributed by atoms with E-state index >= 15 is 0 Å². The molecule has 0 atom stereocenters. The molecule has 0 unspecified atom stereocenters. The molecular formula is C16H14FN7O2. The van der Waals surface area contributed by atoms with Crippen LogP contribution in [0.1, 0.15) is 29.8 Å². The molecule has 0 bridgehead atoms. The molecule has 4 N–H and O–H groups in total. The number of carbonyl (C=O) groups is 1. The Labute approximate surface area is 146 Å². The Kier molecular flexibility index (Phi) is 3.36. The van der Waals surface area contributed by atoms with Gasteiger partial charge in [-0.15, -0.1) is 10.2 Å². The van der Waals surface area contributed by atoms with Gasteiger partial charge in [0.15, 0.2) is 5.82 Å². The Morgan fingerprint density at radius 2 is 2.12 bits per heavy atom. The number of nitrogens with one attached hydrogen (secondary N) is 2. The molecule has 0 saturated carbocycles. The first-order chi connectivity index (χ1) is 12.4. The van der Waals surface area contributed by atoms with Gasteiger partial charge in [-0.3, -0.25) is 4.79 Å². The zero-order chi connectivity index (χ0) is 18.5. The van der Waals surface area contributed by atoms with Crippen molar-refractivity contribution in [2.75, 3.05) is 11.1 Å². The normalized spacial score (nSPS) is 14.8. The van der Waals surface area contributed by atoms with Gasteiger partial charge < -0.3 is 20.8 Å². The number of hydrogen-bond donors (Lipinski definition) is 3. The fourth-order valence-corrected chi connectivity index (χ4v) is 2.92. The monoisotopic (exact) mass is 355 g/mol. The highest BCUT2D eigenvalue weighted by Crippen LogP contribution is 2.36. The van der Waals surface area contributed by atoms with E-state index < -0.39 is 11.4 Å². The van der Waals surface area contributed by atoms with E-state index in [-0.39, 0.29) is 29.3 Å². The summed E-state index contributed by atoms with van der Waals surface area (Å²) < 4.78 is 20.0. The number of benzene rings is 1. The zero-order valence-electron chi connectivity index (χ0n) is 13.9. The molecule has 0 fully saturated rings. The topological polar surface area (TPSA) is 132 Å². The van der Waals surface area contributed by atoms with Crippen LogP contribution in [0.3, 0.4) is 0 Å². The summed E-state index contributed by atoms with van der Waals surface area (Å²) in [6.07, 6.45) is 2.57. The van der Waals surface area contributed by atoms with Crippen LogP contribution in [0.2, 0.25) is 0 Å². The second kappa shape index (κ2) is 5.48. The molecule has 26 heavy (non-hydrogen) atoms. The number of nitrogens with zero attached hydrogens (tertiary/aromatic N) is 4. The fourth-order valence-electron chi connectivity index (χ4n) is 2.92. The van der Waals surface area contributed by atoms with Crippen LogP contribution in [0.5, 0.6) is 0 Å². The third-order valence-electron chi connectivity index (χ3n) is 4.09. The van der Waals surface area contributed by atoms with Gasteiger partial charge >= 0.3 is 0 Å². The lowest BCUT2D eigenvalue weighted by Crippen LogP contribution is -2.33. The number of hydrogen-bond acceptors (Lipinski definition) is 8. The first-order valence-electron chi connectivity index (χ1n) is 7.68. The van der Waals surface area contributed by atoms with Crippen LogP contribution in [0, 0.1) is 5.82 Å². The maximum Gasteiger partial charge on any atom is 0.252 e. The average Bonchev–Trinajstić information content (AvgIpc) is 3.17. The molecule has 1 aliphatic heterocycles. The smallest absolute Gasteiger partial charge is 0.252 e. The van der Waals surface area contributed by atoms with Crippen molar-refractivity contribution in [3.63, 3.8) is 0 Å². The molecule has 0 saturated heterocycles. The van der Waals surface area contributed by atoms with Crippen molar-refractivity contribution in [3.8, 4) is 11.5 Å². The molecule has 0 radical (unpaired) electrons. The molecule has 132 valence electrons. The van der Waals surface area contributed by atoms with E-state index in [0.717, 1.165) is 6.39 Å². The number of amides is 1. The van der Waals surface area contributed by atoms with Crippen LogP contribution in [-0.4, -0.2) is 26.1 Å². The maximum atomic E-state index is 15.0. The highest BCUT2D eigenvalue weighted by atomic mass is 19.1. The number of fused-ring (bicyclic) bond motifs is 1. The second-order valence-corrected chi connectivity index (χ2v) is 6.29. The molecule has 3 heterocycles. The summed E-state index contributed by atoms with van der Waals surface area (Å²) in [4.78, 5) is 20.1. The highest BCUT2D eigenvalue weighted by Gasteiger charge is 2.38. The van der Waals surface area contributed by atoms with Gasteiger partial charge in [0.2, 0.25) is 12.3 Å². The minimum atomic E-state index is -0.810. The first kappa shape index (κ1) is 15.9. The fraction of sp³-hybridized carbons (Fsp3) is 0.188. The Hall–Kier alpha value is -3.56. The molecule has 0 aliphatic carbocycles. The van der Waals surface area contributed by atoms with Crippen molar-refractivity contribution in [2.45, 2.75) is 19.4 Å². The largest absolute Gasteiger partial charge is 0.423 e. The summed E-state index contributed by atoms with van der Waals surface area (Å²) >= 11 is 0. The van der Waals surface area contributed by atoms with Crippen LogP contribution in [0.25, 0.3) is 11.5 Å². The minimum Gasteiger partial charge on any atom is -0.423 e. The summed E-state index contributed by atoms with van der Waals surface area (Å²) in [5.41, 5.74) is 6.19. The molecular weight excluding hydrogens is 341 g/mol. The van der Waals surface area contributed by atoms with Crippen LogP contribution in [0.15, 0.2) is 29.1 Å². The van der Waals surface area contributed by atoms with Crippen LogP contribution in [-0.2, 0) is 5.54 Å². The molecule has 1 aromatic carbocycles. The van der Waals surface area contributed by atoms with E-state index in [9.17, 15) is 9.18 Å². The van der Waals surface area contributed by atoms with Gasteiger partial charge in [-0.2, -0.15) is 4.98 Å².